The van der Waals surface area contributed by atoms with Gasteiger partial charge in [-0.2, -0.15) is 0 Å². The molecule has 182 valence electrons. The summed E-state index contributed by atoms with van der Waals surface area (Å²) in [6.45, 7) is 0. The van der Waals surface area contributed by atoms with Crippen LogP contribution in [0.25, 0.3) is 10.6 Å². The zero-order valence-electron chi connectivity index (χ0n) is 18.9. The maximum absolute atomic E-state index is 12.4. The zero-order chi connectivity index (χ0) is 26.0. The third-order valence-electron chi connectivity index (χ3n) is 5.14. The number of amidine groups is 2. The smallest absolute Gasteiger partial charge is 0.436 e. The molecular weight excluding hydrogens is 682 g/mol. The second-order valence-electron chi connectivity index (χ2n) is 7.23. The monoisotopic (exact) mass is 682 g/mol. The van der Waals surface area contributed by atoms with Crippen molar-refractivity contribution >= 4 is 128 Å². The van der Waals surface area contributed by atoms with Crippen LogP contribution in [-0.2, 0) is 0 Å². The van der Waals surface area contributed by atoms with E-state index in [1.165, 1.54) is 0 Å². The van der Waals surface area contributed by atoms with E-state index in [0.29, 0.717) is 11.4 Å². The van der Waals surface area contributed by atoms with Gasteiger partial charge in [0.2, 0.25) is 0 Å². The third-order valence-corrected chi connectivity index (χ3v) is 8.75. The summed E-state index contributed by atoms with van der Waals surface area (Å²) in [4.78, 5) is 33.5. The number of hydrogen-bond donors (Lipinski definition) is 0. The van der Waals surface area contributed by atoms with Gasteiger partial charge in [0.1, 0.15) is 0 Å². The van der Waals surface area contributed by atoms with Crippen LogP contribution >= 0.6 is 92.8 Å². The molecule has 0 N–H and O–H groups in total. The van der Waals surface area contributed by atoms with Crippen LogP contribution in [0.2, 0.25) is 40.2 Å². The molecule has 3 aromatic carbocycles. The van der Waals surface area contributed by atoms with E-state index in [-0.39, 0.29) is 133 Å². The Balaban J connectivity index is 0.00000200. The molecule has 0 saturated carbocycles. The van der Waals surface area contributed by atoms with Crippen molar-refractivity contribution in [3.8, 4) is 0 Å². The van der Waals surface area contributed by atoms with E-state index >= 15 is 0 Å². The molecule has 16 heteroatoms. The molecule has 0 atom stereocenters. The van der Waals surface area contributed by atoms with Crippen molar-refractivity contribution in [3.05, 3.63) is 97.3 Å². The molecule has 0 saturated heterocycles. The van der Waals surface area contributed by atoms with Crippen LogP contribution in [0.15, 0.2) is 34.3 Å². The number of carbonyl (C=O) groups is 2. The molecule has 2 aliphatic rings. The van der Waals surface area contributed by atoms with Crippen molar-refractivity contribution in [2.24, 2.45) is 9.98 Å². The summed E-state index contributed by atoms with van der Waals surface area (Å²) >= 11 is 49.3. The van der Waals surface area contributed by atoms with E-state index in [2.05, 4.69) is 20.6 Å². The van der Waals surface area contributed by atoms with Gasteiger partial charge in [-0.25, -0.2) is 0 Å². The molecule has 0 aromatic heterocycles. The fourth-order valence-electron chi connectivity index (χ4n) is 3.51. The molecule has 3 aromatic rings. The Hall–Kier alpha value is 0.260. The van der Waals surface area contributed by atoms with E-state index in [1.807, 2.05) is 0 Å². The predicted octanol–water partition coefficient (Wildman–Crippen LogP) is 4.13. The standard InChI is InChI=1S/C22H6Cl8N4O2.2Na/c23-11-7-9(13(25)17(29)15(11)27)21(35)33-19(7)31-5-1-2-6(4-3-5)32-20-8-10(22(36)34-20)14(26)18(30)16(28)12(8)24;;/h1-4H,(H2,31,32,33,34,35,36);;/q;2*+1/p-2. The molecule has 0 radical (unpaired) electrons. The second-order valence-corrected chi connectivity index (χ2v) is 10.3. The van der Waals surface area contributed by atoms with Crippen LogP contribution in [0, 0.1) is 0 Å². The van der Waals surface area contributed by atoms with Gasteiger partial charge in [0.05, 0.1) is 40.2 Å². The summed E-state index contributed by atoms with van der Waals surface area (Å²) < 4.78 is 0. The topological polar surface area (TPSA) is 87.1 Å². The maximum atomic E-state index is 12.4. The van der Waals surface area contributed by atoms with Crippen molar-refractivity contribution in [2.45, 2.75) is 0 Å². The Kier molecular flexibility index (Phi) is 10.9. The summed E-state index contributed by atoms with van der Waals surface area (Å²) in [5.74, 6) is -1.23. The quantitative estimate of drug-likeness (QED) is 0.231. The Morgan fingerprint density at radius 2 is 0.711 bits per heavy atom. The summed E-state index contributed by atoms with van der Waals surface area (Å²) in [6, 6.07) is 6.38. The molecule has 0 spiro atoms. The Morgan fingerprint density at radius 3 is 1.00 bits per heavy atom. The Labute approximate surface area is 299 Å². The Morgan fingerprint density at radius 1 is 0.447 bits per heavy atom. The van der Waals surface area contributed by atoms with Crippen LogP contribution in [-0.4, -0.2) is 23.5 Å². The minimum Gasteiger partial charge on any atom is -0.436 e. The van der Waals surface area contributed by atoms with Crippen LogP contribution in [0.4, 0.5) is 11.4 Å². The fourth-order valence-corrected chi connectivity index (χ4v) is 5.55. The Bertz CT molecular complexity index is 1490. The van der Waals surface area contributed by atoms with E-state index in [0.717, 1.165) is 0 Å². The first-order valence-corrected chi connectivity index (χ1v) is 12.6. The van der Waals surface area contributed by atoms with Crippen LogP contribution in [0.5, 0.6) is 0 Å². The van der Waals surface area contributed by atoms with Crippen molar-refractivity contribution in [1.82, 2.24) is 0 Å². The molecule has 2 heterocycles. The van der Waals surface area contributed by atoms with Crippen molar-refractivity contribution in [3.63, 3.8) is 0 Å². The minimum atomic E-state index is -0.641. The van der Waals surface area contributed by atoms with Gasteiger partial charge in [-0.1, -0.05) is 117 Å². The van der Waals surface area contributed by atoms with E-state index < -0.39 is 11.8 Å². The molecule has 0 bridgehead atoms. The number of carbonyl (C=O) groups excluding carboxylic acids is 2. The molecule has 0 fully saturated rings. The van der Waals surface area contributed by atoms with E-state index in [9.17, 15) is 9.59 Å². The normalized spacial score (nSPS) is 15.6. The van der Waals surface area contributed by atoms with Gasteiger partial charge in [0.25, 0.3) is 0 Å². The molecule has 2 amide bonds. The van der Waals surface area contributed by atoms with Gasteiger partial charge in [-0.15, -0.1) is 0 Å². The van der Waals surface area contributed by atoms with E-state index in [4.69, 9.17) is 92.8 Å². The van der Waals surface area contributed by atoms with Crippen molar-refractivity contribution in [2.75, 3.05) is 0 Å². The number of rotatable bonds is 2. The second kappa shape index (κ2) is 12.6. The average molecular weight is 686 g/mol. The summed E-state index contributed by atoms with van der Waals surface area (Å²) in [5, 5.41) is 7.65. The molecule has 5 rings (SSSR count). The number of nitrogens with zero attached hydrogens (tertiary/aromatic N) is 4. The maximum Gasteiger partial charge on any atom is 1.00 e. The van der Waals surface area contributed by atoms with Crippen molar-refractivity contribution < 1.29 is 68.7 Å². The third kappa shape index (κ3) is 5.53. The number of hydrogen-bond acceptors (Lipinski definition) is 4. The number of halogens is 8. The van der Waals surface area contributed by atoms with Crippen LogP contribution in [0.1, 0.15) is 31.8 Å². The SMILES string of the molecule is O=C1[N-]C(=Nc2ccc(N=C3[N-]C(=O)c4c(Cl)c(Cl)c(Cl)c(Cl)c43)cc2)c2c(Cl)c(Cl)c(Cl)c(Cl)c21.[Na+].[Na+]. The summed E-state index contributed by atoms with van der Waals surface area (Å²) in [5.41, 5.74) is 1.25. The number of aliphatic imine (C=N–C) groups is 2. The van der Waals surface area contributed by atoms with Gasteiger partial charge in [0, 0.05) is 22.3 Å². The first-order valence-electron chi connectivity index (χ1n) is 9.53. The number of fused-ring (bicyclic) bond motifs is 2. The van der Waals surface area contributed by atoms with Crippen molar-refractivity contribution in [1.29, 1.82) is 0 Å². The largest absolute Gasteiger partial charge is 1.00 e. The molecule has 6 nitrogen and oxygen atoms in total. The molecule has 2 aliphatic heterocycles. The molecular formula is C22H4Cl8N4Na2O2. The first kappa shape index (κ1) is 32.8. The molecule has 0 aliphatic carbocycles. The minimum absolute atomic E-state index is 0. The fraction of sp³-hybridized carbons (Fsp3) is 0. The molecule has 0 unspecified atom stereocenters. The van der Waals surface area contributed by atoms with Gasteiger partial charge in [-0.3, -0.25) is 9.59 Å². The predicted molar refractivity (Wildman–Crippen MR) is 147 cm³/mol. The summed E-state index contributed by atoms with van der Waals surface area (Å²) in [7, 11) is 0. The number of benzene rings is 3. The van der Waals surface area contributed by atoms with Gasteiger partial charge >= 0.3 is 59.1 Å². The first-order chi connectivity index (χ1) is 17.0. The average Bonchev–Trinajstić information content (AvgIpc) is 3.35. The van der Waals surface area contributed by atoms with Gasteiger partial charge in [-0.05, 0) is 23.0 Å². The van der Waals surface area contributed by atoms with Gasteiger partial charge in [0.15, 0.2) is 11.8 Å². The number of amides is 2. The zero-order valence-corrected chi connectivity index (χ0v) is 29.0. The van der Waals surface area contributed by atoms with Crippen LogP contribution < -0.4 is 59.1 Å². The molecule has 38 heavy (non-hydrogen) atoms. The van der Waals surface area contributed by atoms with Crippen LogP contribution in [0.3, 0.4) is 0 Å². The summed E-state index contributed by atoms with van der Waals surface area (Å²) in [6.07, 6.45) is 0. The van der Waals surface area contributed by atoms with E-state index in [1.54, 1.807) is 24.3 Å². The van der Waals surface area contributed by atoms with Gasteiger partial charge < -0.3 is 20.6 Å².